The van der Waals surface area contributed by atoms with E-state index in [0.717, 1.165) is 17.0 Å². The van der Waals surface area contributed by atoms with Crippen LogP contribution >= 0.6 is 0 Å². The first kappa shape index (κ1) is 13.0. The van der Waals surface area contributed by atoms with Crippen LogP contribution in [0.3, 0.4) is 0 Å². The monoisotopic (exact) mass is 257 g/mol. The van der Waals surface area contributed by atoms with Gasteiger partial charge in [0.2, 0.25) is 5.95 Å². The summed E-state index contributed by atoms with van der Waals surface area (Å²) < 4.78 is 0. The molecule has 98 valence electrons. The molecule has 0 bridgehead atoms. The molecule has 0 atom stereocenters. The van der Waals surface area contributed by atoms with Gasteiger partial charge in [-0.15, -0.1) is 0 Å². The van der Waals surface area contributed by atoms with Crippen LogP contribution < -0.4 is 5.32 Å². The summed E-state index contributed by atoms with van der Waals surface area (Å²) in [6.45, 7) is 3.68. The Kier molecular flexibility index (Phi) is 3.75. The first-order valence-electron chi connectivity index (χ1n) is 5.93. The van der Waals surface area contributed by atoms with E-state index in [-0.39, 0.29) is 6.54 Å². The number of nitrogens with zero attached hydrogens (tertiary/aromatic N) is 2. The summed E-state index contributed by atoms with van der Waals surface area (Å²) in [6, 6.07) is 9.86. The summed E-state index contributed by atoms with van der Waals surface area (Å²) in [5.74, 6) is -0.611. The molecule has 0 aliphatic carbocycles. The second-order valence-electron chi connectivity index (χ2n) is 4.33. The van der Waals surface area contributed by atoms with Crippen LogP contribution in [0.1, 0.15) is 11.3 Å². The van der Waals surface area contributed by atoms with Crippen molar-refractivity contribution in [3.05, 3.63) is 41.6 Å². The van der Waals surface area contributed by atoms with Gasteiger partial charge < -0.3 is 10.4 Å². The quantitative estimate of drug-likeness (QED) is 0.878. The summed E-state index contributed by atoms with van der Waals surface area (Å²) >= 11 is 0. The third-order valence-electron chi connectivity index (χ3n) is 2.60. The Morgan fingerprint density at radius 3 is 2.53 bits per heavy atom. The van der Waals surface area contributed by atoms with E-state index in [1.807, 2.05) is 44.2 Å². The Labute approximate surface area is 111 Å². The molecule has 0 fully saturated rings. The number of anilines is 1. The molecule has 0 unspecified atom stereocenters. The molecule has 2 rings (SSSR count). The van der Waals surface area contributed by atoms with Gasteiger partial charge in [0.25, 0.3) is 0 Å². The second kappa shape index (κ2) is 5.48. The number of carboxylic acids is 1. The van der Waals surface area contributed by atoms with Gasteiger partial charge in [0.1, 0.15) is 6.54 Å². The largest absolute Gasteiger partial charge is 0.480 e. The van der Waals surface area contributed by atoms with Crippen molar-refractivity contribution >= 4 is 11.9 Å². The van der Waals surface area contributed by atoms with Gasteiger partial charge in [-0.3, -0.25) is 4.79 Å². The third kappa shape index (κ3) is 3.51. The molecule has 0 saturated carbocycles. The van der Waals surface area contributed by atoms with E-state index in [9.17, 15) is 4.79 Å². The zero-order valence-electron chi connectivity index (χ0n) is 10.8. The van der Waals surface area contributed by atoms with E-state index in [1.165, 1.54) is 5.56 Å². The number of benzene rings is 1. The lowest BCUT2D eigenvalue weighted by molar-refractivity contribution is -0.134. The fraction of sp³-hybridized carbons (Fsp3) is 0.214. The van der Waals surface area contributed by atoms with Crippen LogP contribution in [-0.4, -0.2) is 27.6 Å². The molecule has 0 radical (unpaired) electrons. The van der Waals surface area contributed by atoms with Crippen molar-refractivity contribution in [2.45, 2.75) is 13.8 Å². The molecule has 0 amide bonds. The van der Waals surface area contributed by atoms with E-state index in [1.54, 1.807) is 0 Å². The van der Waals surface area contributed by atoms with E-state index in [0.29, 0.717) is 5.95 Å². The van der Waals surface area contributed by atoms with E-state index < -0.39 is 5.97 Å². The summed E-state index contributed by atoms with van der Waals surface area (Å²) in [4.78, 5) is 19.0. The van der Waals surface area contributed by atoms with E-state index >= 15 is 0 Å². The topological polar surface area (TPSA) is 75.1 Å². The summed E-state index contributed by atoms with van der Waals surface area (Å²) in [5.41, 5.74) is 3.73. The van der Waals surface area contributed by atoms with Gasteiger partial charge in [-0.1, -0.05) is 29.8 Å². The highest BCUT2D eigenvalue weighted by Crippen LogP contribution is 2.19. The van der Waals surface area contributed by atoms with Crippen LogP contribution in [0.2, 0.25) is 0 Å². The lowest BCUT2D eigenvalue weighted by Gasteiger charge is -2.07. The van der Waals surface area contributed by atoms with E-state index in [2.05, 4.69) is 15.3 Å². The van der Waals surface area contributed by atoms with Crippen molar-refractivity contribution in [1.29, 1.82) is 0 Å². The van der Waals surface area contributed by atoms with Crippen molar-refractivity contribution in [3.8, 4) is 11.3 Å². The first-order valence-corrected chi connectivity index (χ1v) is 5.93. The molecule has 1 heterocycles. The fourth-order valence-electron chi connectivity index (χ4n) is 1.67. The molecule has 2 N–H and O–H groups in total. The Bertz CT molecular complexity index is 594. The maximum absolute atomic E-state index is 10.5. The summed E-state index contributed by atoms with van der Waals surface area (Å²) in [5, 5.41) is 11.3. The normalized spacial score (nSPS) is 10.2. The van der Waals surface area contributed by atoms with Gasteiger partial charge >= 0.3 is 5.97 Å². The van der Waals surface area contributed by atoms with Crippen molar-refractivity contribution < 1.29 is 9.90 Å². The number of aromatic nitrogens is 2. The van der Waals surface area contributed by atoms with Gasteiger partial charge in [-0.25, -0.2) is 9.97 Å². The van der Waals surface area contributed by atoms with Crippen molar-refractivity contribution in [1.82, 2.24) is 9.97 Å². The maximum Gasteiger partial charge on any atom is 0.322 e. The minimum atomic E-state index is -0.943. The lowest BCUT2D eigenvalue weighted by Crippen LogP contribution is -2.14. The molecule has 1 aromatic heterocycles. The molecule has 0 aliphatic rings. The Balaban J connectivity index is 2.30. The predicted molar refractivity (Wildman–Crippen MR) is 73.1 cm³/mol. The highest BCUT2D eigenvalue weighted by molar-refractivity contribution is 5.72. The Morgan fingerprint density at radius 1 is 1.21 bits per heavy atom. The number of hydrogen-bond donors (Lipinski definition) is 2. The molecule has 0 aliphatic heterocycles. The Morgan fingerprint density at radius 2 is 1.89 bits per heavy atom. The van der Waals surface area contributed by atoms with Crippen molar-refractivity contribution in [2.75, 3.05) is 11.9 Å². The zero-order valence-corrected chi connectivity index (χ0v) is 10.8. The van der Waals surface area contributed by atoms with Crippen LogP contribution in [0.5, 0.6) is 0 Å². The first-order chi connectivity index (χ1) is 9.04. The van der Waals surface area contributed by atoms with Gasteiger partial charge in [0.15, 0.2) is 0 Å². The lowest BCUT2D eigenvalue weighted by atomic mass is 10.1. The molecule has 1 aromatic carbocycles. The highest BCUT2D eigenvalue weighted by atomic mass is 16.4. The number of aliphatic carboxylic acids is 1. The van der Waals surface area contributed by atoms with Crippen LogP contribution in [0, 0.1) is 13.8 Å². The molecule has 5 nitrogen and oxygen atoms in total. The number of hydrogen-bond acceptors (Lipinski definition) is 4. The van der Waals surface area contributed by atoms with Gasteiger partial charge in [-0.2, -0.15) is 0 Å². The minimum absolute atomic E-state index is 0.198. The van der Waals surface area contributed by atoms with Crippen molar-refractivity contribution in [3.63, 3.8) is 0 Å². The number of rotatable bonds is 4. The summed E-state index contributed by atoms with van der Waals surface area (Å²) in [6.07, 6.45) is 0. The molecule has 0 saturated heterocycles. The minimum Gasteiger partial charge on any atom is -0.480 e. The SMILES string of the molecule is Cc1ccc(-c2cc(C)nc(NCC(=O)O)n2)cc1. The van der Waals surface area contributed by atoms with Crippen molar-refractivity contribution in [2.24, 2.45) is 0 Å². The second-order valence-corrected chi connectivity index (χ2v) is 4.33. The standard InChI is InChI=1S/C14H15N3O2/c1-9-3-5-11(6-4-9)12-7-10(2)16-14(17-12)15-8-13(18)19/h3-7H,8H2,1-2H3,(H,18,19)(H,15,16,17). The Hall–Kier alpha value is -2.43. The smallest absolute Gasteiger partial charge is 0.322 e. The van der Waals surface area contributed by atoms with E-state index in [4.69, 9.17) is 5.11 Å². The average Bonchev–Trinajstić information content (AvgIpc) is 2.36. The van der Waals surface area contributed by atoms with Gasteiger partial charge in [0.05, 0.1) is 5.69 Å². The number of aryl methyl sites for hydroxylation is 2. The molecule has 5 heteroatoms. The molecular formula is C14H15N3O2. The number of nitrogens with one attached hydrogen (secondary N) is 1. The zero-order chi connectivity index (χ0) is 13.8. The number of carbonyl (C=O) groups is 1. The van der Waals surface area contributed by atoms with Crippen LogP contribution in [-0.2, 0) is 4.79 Å². The van der Waals surface area contributed by atoms with Crippen LogP contribution in [0.4, 0.5) is 5.95 Å². The average molecular weight is 257 g/mol. The van der Waals surface area contributed by atoms with Crippen LogP contribution in [0.15, 0.2) is 30.3 Å². The fourth-order valence-corrected chi connectivity index (χ4v) is 1.67. The third-order valence-corrected chi connectivity index (χ3v) is 2.60. The summed E-state index contributed by atoms with van der Waals surface area (Å²) in [7, 11) is 0. The van der Waals surface area contributed by atoms with Crippen LogP contribution in [0.25, 0.3) is 11.3 Å². The molecule has 0 spiro atoms. The molecule has 2 aromatic rings. The molecule has 19 heavy (non-hydrogen) atoms. The maximum atomic E-state index is 10.5. The van der Waals surface area contributed by atoms with Gasteiger partial charge in [0, 0.05) is 11.3 Å². The number of carboxylic acid groups (broad SMARTS) is 1. The predicted octanol–water partition coefficient (Wildman–Crippen LogP) is 2.26. The highest BCUT2D eigenvalue weighted by Gasteiger charge is 2.05. The van der Waals surface area contributed by atoms with Gasteiger partial charge in [-0.05, 0) is 19.9 Å². The molecular weight excluding hydrogens is 242 g/mol.